The van der Waals surface area contributed by atoms with Gasteiger partial charge < -0.3 is 24.8 Å². The van der Waals surface area contributed by atoms with Crippen LogP contribution in [-0.4, -0.2) is 50.5 Å². The van der Waals surface area contributed by atoms with Crippen LogP contribution in [0.25, 0.3) is 0 Å². The lowest BCUT2D eigenvalue weighted by Gasteiger charge is -2.16. The van der Waals surface area contributed by atoms with Crippen LogP contribution < -0.4 is 19.7 Å². The van der Waals surface area contributed by atoms with Gasteiger partial charge in [0, 0.05) is 25.2 Å². The van der Waals surface area contributed by atoms with Crippen LogP contribution in [0, 0.1) is 5.82 Å². The van der Waals surface area contributed by atoms with Crippen LogP contribution in [0.5, 0.6) is 11.5 Å². The van der Waals surface area contributed by atoms with Crippen LogP contribution >= 0.6 is 0 Å². The Hall–Kier alpha value is -2.64. The quantitative estimate of drug-likeness (QED) is 0.490. The average molecular weight is 374 g/mol. The fourth-order valence-electron chi connectivity index (χ4n) is 2.96. The molecule has 0 radical (unpaired) electrons. The van der Waals surface area contributed by atoms with Crippen molar-refractivity contribution in [3.8, 4) is 11.5 Å². The minimum atomic E-state index is -0.671. The molecule has 2 aromatic carbocycles. The van der Waals surface area contributed by atoms with E-state index >= 15 is 0 Å². The highest BCUT2D eigenvalue weighted by molar-refractivity contribution is 5.81. The smallest absolute Gasteiger partial charge is 0.214 e. The van der Waals surface area contributed by atoms with Gasteiger partial charge in [0.05, 0.1) is 5.69 Å². The van der Waals surface area contributed by atoms with Gasteiger partial charge in [0.2, 0.25) is 6.41 Å². The van der Waals surface area contributed by atoms with Gasteiger partial charge in [0.15, 0.2) is 0 Å². The number of anilines is 1. The van der Waals surface area contributed by atoms with Gasteiger partial charge in [-0.2, -0.15) is 0 Å². The standard InChI is InChI=1S/C20H23FN2O4/c21-15-4-6-17(7-5-15)26-11-9-22-12-16(25)13-27-20-3-1-2-19-18(20)8-10-23(19)14-24/h1-7,14,16,22,25H,8-13H2. The third kappa shape index (κ3) is 5.18. The molecule has 7 heteroatoms. The zero-order valence-corrected chi connectivity index (χ0v) is 14.9. The molecule has 3 rings (SSSR count). The van der Waals surface area contributed by atoms with Gasteiger partial charge in [-0.3, -0.25) is 4.79 Å². The van der Waals surface area contributed by atoms with Gasteiger partial charge in [-0.1, -0.05) is 6.07 Å². The molecule has 1 atom stereocenters. The largest absolute Gasteiger partial charge is 0.492 e. The first-order valence-electron chi connectivity index (χ1n) is 8.91. The number of carbonyl (C=O) groups is 1. The minimum Gasteiger partial charge on any atom is -0.492 e. The number of nitrogens with one attached hydrogen (secondary N) is 1. The Morgan fingerprint density at radius 2 is 2.04 bits per heavy atom. The highest BCUT2D eigenvalue weighted by Crippen LogP contribution is 2.34. The molecule has 27 heavy (non-hydrogen) atoms. The maximum Gasteiger partial charge on any atom is 0.214 e. The van der Waals surface area contributed by atoms with Crippen LogP contribution in [0.1, 0.15) is 5.56 Å². The molecule has 0 saturated carbocycles. The number of fused-ring (bicyclic) bond motifs is 1. The summed E-state index contributed by atoms with van der Waals surface area (Å²) in [5.74, 6) is 1.01. The summed E-state index contributed by atoms with van der Waals surface area (Å²) in [5, 5.41) is 13.2. The van der Waals surface area contributed by atoms with Crippen molar-refractivity contribution < 1.29 is 23.8 Å². The summed E-state index contributed by atoms with van der Waals surface area (Å²) in [6.07, 6.45) is 0.900. The number of carbonyl (C=O) groups excluding carboxylic acids is 1. The van der Waals surface area contributed by atoms with Gasteiger partial charge in [0.1, 0.15) is 36.6 Å². The molecule has 6 nitrogen and oxygen atoms in total. The molecule has 1 amide bonds. The lowest BCUT2D eigenvalue weighted by Crippen LogP contribution is -2.33. The van der Waals surface area contributed by atoms with Crippen LogP contribution in [-0.2, 0) is 11.2 Å². The number of benzene rings is 2. The monoisotopic (exact) mass is 374 g/mol. The number of aliphatic hydroxyl groups excluding tert-OH is 1. The molecular weight excluding hydrogens is 351 g/mol. The number of aliphatic hydroxyl groups is 1. The van der Waals surface area contributed by atoms with E-state index in [0.29, 0.717) is 37.7 Å². The molecule has 2 aromatic rings. The second-order valence-corrected chi connectivity index (χ2v) is 6.27. The van der Waals surface area contributed by atoms with Gasteiger partial charge >= 0.3 is 0 Å². The Labute approximate surface area is 157 Å². The Morgan fingerprint density at radius 3 is 2.81 bits per heavy atom. The molecule has 0 spiro atoms. The normalized spacial score (nSPS) is 13.9. The molecule has 144 valence electrons. The van der Waals surface area contributed by atoms with Gasteiger partial charge in [-0.05, 0) is 42.8 Å². The van der Waals surface area contributed by atoms with E-state index in [2.05, 4.69) is 5.32 Å². The van der Waals surface area contributed by atoms with Crippen LogP contribution in [0.4, 0.5) is 10.1 Å². The number of hydrogen-bond donors (Lipinski definition) is 2. The highest BCUT2D eigenvalue weighted by atomic mass is 19.1. The van der Waals surface area contributed by atoms with E-state index in [-0.39, 0.29) is 12.4 Å². The maximum absolute atomic E-state index is 12.8. The molecule has 1 aliphatic heterocycles. The third-order valence-electron chi connectivity index (χ3n) is 4.32. The third-order valence-corrected chi connectivity index (χ3v) is 4.32. The van der Waals surface area contributed by atoms with E-state index in [1.807, 2.05) is 18.2 Å². The van der Waals surface area contributed by atoms with E-state index in [4.69, 9.17) is 9.47 Å². The van der Waals surface area contributed by atoms with Gasteiger partial charge in [-0.15, -0.1) is 0 Å². The number of ether oxygens (including phenoxy) is 2. The SMILES string of the molecule is O=CN1CCc2c(OCC(O)CNCCOc3ccc(F)cc3)cccc21. The van der Waals surface area contributed by atoms with Gasteiger partial charge in [0.25, 0.3) is 0 Å². The fourth-order valence-corrected chi connectivity index (χ4v) is 2.96. The lowest BCUT2D eigenvalue weighted by atomic mass is 10.1. The van der Waals surface area contributed by atoms with Crippen molar-refractivity contribution in [3.05, 3.63) is 53.8 Å². The number of hydrogen-bond acceptors (Lipinski definition) is 5. The van der Waals surface area contributed by atoms with Crippen molar-refractivity contribution in [3.63, 3.8) is 0 Å². The summed E-state index contributed by atoms with van der Waals surface area (Å²) in [7, 11) is 0. The van der Waals surface area contributed by atoms with Crippen LogP contribution in [0.3, 0.4) is 0 Å². The second-order valence-electron chi connectivity index (χ2n) is 6.27. The Morgan fingerprint density at radius 1 is 1.22 bits per heavy atom. The summed E-state index contributed by atoms with van der Waals surface area (Å²) in [6, 6.07) is 11.4. The maximum atomic E-state index is 12.8. The number of nitrogens with zero attached hydrogens (tertiary/aromatic N) is 1. The van der Waals surface area contributed by atoms with E-state index in [1.54, 1.807) is 17.0 Å². The minimum absolute atomic E-state index is 0.156. The molecule has 1 aliphatic rings. The fraction of sp³-hybridized carbons (Fsp3) is 0.350. The molecular formula is C20H23FN2O4. The Bertz CT molecular complexity index is 754. The van der Waals surface area contributed by atoms with Crippen molar-refractivity contribution in [2.75, 3.05) is 37.7 Å². The summed E-state index contributed by atoms with van der Waals surface area (Å²) in [5.41, 5.74) is 1.87. The molecule has 0 aromatic heterocycles. The Kier molecular flexibility index (Phi) is 6.62. The first-order valence-corrected chi connectivity index (χ1v) is 8.91. The summed E-state index contributed by atoms with van der Waals surface area (Å²) >= 11 is 0. The number of rotatable bonds is 10. The topological polar surface area (TPSA) is 71.0 Å². The Balaban J connectivity index is 1.36. The summed E-state index contributed by atoms with van der Waals surface area (Å²) < 4.78 is 24.0. The predicted octanol–water partition coefficient (Wildman–Crippen LogP) is 1.75. The number of amides is 1. The van der Waals surface area contributed by atoms with Crippen LogP contribution in [0.2, 0.25) is 0 Å². The molecule has 2 N–H and O–H groups in total. The zero-order valence-electron chi connectivity index (χ0n) is 14.9. The average Bonchev–Trinajstić information content (AvgIpc) is 3.11. The van der Waals surface area contributed by atoms with E-state index in [9.17, 15) is 14.3 Å². The molecule has 0 fully saturated rings. The van der Waals surface area contributed by atoms with Crippen molar-refractivity contribution in [1.29, 1.82) is 0 Å². The van der Waals surface area contributed by atoms with Crippen molar-refractivity contribution in [2.24, 2.45) is 0 Å². The summed E-state index contributed by atoms with van der Waals surface area (Å²) in [6.45, 7) is 2.12. The van der Waals surface area contributed by atoms with Crippen LogP contribution in [0.15, 0.2) is 42.5 Å². The van der Waals surface area contributed by atoms with E-state index in [1.165, 1.54) is 12.1 Å². The predicted molar refractivity (Wildman–Crippen MR) is 99.8 cm³/mol. The second kappa shape index (κ2) is 9.34. The van der Waals surface area contributed by atoms with Crippen molar-refractivity contribution >= 4 is 12.1 Å². The molecule has 1 heterocycles. The number of halogens is 1. The molecule has 0 aliphatic carbocycles. The van der Waals surface area contributed by atoms with Crippen molar-refractivity contribution in [1.82, 2.24) is 5.32 Å². The van der Waals surface area contributed by atoms with Gasteiger partial charge in [-0.25, -0.2) is 4.39 Å². The molecule has 1 unspecified atom stereocenters. The summed E-state index contributed by atoms with van der Waals surface area (Å²) in [4.78, 5) is 12.7. The lowest BCUT2D eigenvalue weighted by molar-refractivity contribution is -0.107. The van der Waals surface area contributed by atoms with E-state index in [0.717, 1.165) is 24.1 Å². The molecule has 0 bridgehead atoms. The molecule has 0 saturated heterocycles. The zero-order chi connectivity index (χ0) is 19.1. The highest BCUT2D eigenvalue weighted by Gasteiger charge is 2.22. The first kappa shape index (κ1) is 19.1. The van der Waals surface area contributed by atoms with E-state index < -0.39 is 6.10 Å². The van der Waals surface area contributed by atoms with Crippen molar-refractivity contribution in [2.45, 2.75) is 12.5 Å². The first-order chi connectivity index (χ1) is 13.2.